The lowest BCUT2D eigenvalue weighted by molar-refractivity contribution is -0.275. The Morgan fingerprint density at radius 3 is 2.50 bits per heavy atom. The number of carbonyl (C=O) groups is 1. The molecule has 2 rings (SSSR count). The summed E-state index contributed by atoms with van der Waals surface area (Å²) in [4.78, 5) is 14.2. The predicted molar refractivity (Wildman–Crippen MR) is 96.7 cm³/mol. The number of methoxy groups -OCH3 is 1. The second-order valence-corrected chi connectivity index (χ2v) is 6.83. The molecule has 0 unspecified atom stereocenters. The highest BCUT2D eigenvalue weighted by Crippen LogP contribution is 2.35. The van der Waals surface area contributed by atoms with E-state index in [2.05, 4.69) is 10.1 Å². The highest BCUT2D eigenvalue weighted by Gasteiger charge is 2.39. The molecule has 1 aliphatic rings. The van der Waals surface area contributed by atoms with Gasteiger partial charge in [0.1, 0.15) is 5.75 Å². The predicted octanol–water partition coefficient (Wildman–Crippen LogP) is 3.74. The lowest BCUT2D eigenvalue weighted by Crippen LogP contribution is -2.52. The summed E-state index contributed by atoms with van der Waals surface area (Å²) < 4.78 is 47.5. The van der Waals surface area contributed by atoms with Crippen LogP contribution in [0.4, 0.5) is 18.0 Å². The first-order valence-corrected chi connectivity index (χ1v) is 9.39. The number of hydrogen-bond donors (Lipinski definition) is 2. The highest BCUT2D eigenvalue weighted by atomic mass is 19.4. The molecule has 2 N–H and O–H groups in total. The summed E-state index contributed by atoms with van der Waals surface area (Å²) in [5, 5.41) is 13.8. The van der Waals surface area contributed by atoms with Crippen LogP contribution in [0.2, 0.25) is 0 Å². The van der Waals surface area contributed by atoms with Crippen molar-refractivity contribution >= 4 is 6.03 Å². The number of amides is 2. The largest absolute Gasteiger partial charge is 0.573 e. The fraction of sp³-hybridized carbons (Fsp3) is 0.632. The number of halogens is 3. The summed E-state index contributed by atoms with van der Waals surface area (Å²) in [6.45, 7) is 1.54. The number of urea groups is 1. The number of alkyl halides is 3. The van der Waals surface area contributed by atoms with Gasteiger partial charge >= 0.3 is 12.4 Å². The zero-order valence-electron chi connectivity index (χ0n) is 15.9. The van der Waals surface area contributed by atoms with Crippen molar-refractivity contribution < 1.29 is 32.5 Å². The van der Waals surface area contributed by atoms with Gasteiger partial charge in [-0.3, -0.25) is 0 Å². The van der Waals surface area contributed by atoms with Gasteiger partial charge in [-0.1, -0.05) is 18.2 Å². The van der Waals surface area contributed by atoms with Crippen molar-refractivity contribution in [3.63, 3.8) is 0 Å². The average Bonchev–Trinajstić information content (AvgIpc) is 2.65. The normalized spacial score (nSPS) is 17.1. The first-order valence-electron chi connectivity index (χ1n) is 9.39. The van der Waals surface area contributed by atoms with Crippen molar-refractivity contribution in [1.29, 1.82) is 0 Å². The number of piperidine rings is 1. The molecule has 158 valence electrons. The number of carbonyl (C=O) groups excluding carboxylic acids is 1. The van der Waals surface area contributed by atoms with E-state index in [-0.39, 0.29) is 12.0 Å². The Hall–Kier alpha value is -2.00. The Morgan fingerprint density at radius 2 is 1.86 bits per heavy atom. The lowest BCUT2D eigenvalue weighted by Gasteiger charge is -2.35. The van der Waals surface area contributed by atoms with Crippen LogP contribution in [0, 0.1) is 0 Å². The minimum Gasteiger partial charge on any atom is -0.405 e. The van der Waals surface area contributed by atoms with Crippen LogP contribution < -0.4 is 10.1 Å². The molecule has 9 heteroatoms. The summed E-state index contributed by atoms with van der Waals surface area (Å²) in [6, 6.07) is 4.81. The summed E-state index contributed by atoms with van der Waals surface area (Å²) >= 11 is 0. The molecule has 0 aromatic heterocycles. The standard InChI is InChI=1S/C19H27F3N2O4/c1-27-14-8-5-11-18(26,23-17(25)24-12-6-2-7-13-24)15-9-3-4-10-16(15)28-19(20,21)22/h3-4,9-10,26H,2,5-8,11-14H2,1H3,(H,23,25)/t18-/m0/s1. The highest BCUT2D eigenvalue weighted by molar-refractivity contribution is 5.75. The summed E-state index contributed by atoms with van der Waals surface area (Å²) in [7, 11) is 1.54. The van der Waals surface area contributed by atoms with Crippen molar-refractivity contribution in [2.75, 3.05) is 26.8 Å². The van der Waals surface area contributed by atoms with Crippen LogP contribution >= 0.6 is 0 Å². The zero-order valence-corrected chi connectivity index (χ0v) is 15.9. The van der Waals surface area contributed by atoms with Gasteiger partial charge in [-0.25, -0.2) is 4.79 Å². The van der Waals surface area contributed by atoms with E-state index in [9.17, 15) is 23.1 Å². The first-order chi connectivity index (χ1) is 13.2. The Morgan fingerprint density at radius 1 is 1.18 bits per heavy atom. The number of ether oxygens (including phenoxy) is 2. The van der Waals surface area contributed by atoms with Crippen molar-refractivity contribution in [3.05, 3.63) is 29.8 Å². The van der Waals surface area contributed by atoms with Gasteiger partial charge in [0.25, 0.3) is 0 Å². The first kappa shape index (κ1) is 22.3. The zero-order chi connectivity index (χ0) is 20.6. The van der Waals surface area contributed by atoms with Crippen LogP contribution in [-0.4, -0.2) is 49.2 Å². The summed E-state index contributed by atoms with van der Waals surface area (Å²) in [5.74, 6) is -0.539. The molecule has 1 aliphatic heterocycles. The van der Waals surface area contributed by atoms with Gasteiger partial charge in [-0.05, 0) is 44.6 Å². The number of nitrogens with one attached hydrogen (secondary N) is 1. The number of benzene rings is 1. The summed E-state index contributed by atoms with van der Waals surface area (Å²) in [6.07, 6.45) is -1.14. The molecule has 0 spiro atoms. The molecule has 6 nitrogen and oxygen atoms in total. The molecule has 1 fully saturated rings. The number of rotatable bonds is 8. The Bertz CT molecular complexity index is 636. The minimum atomic E-state index is -4.91. The second kappa shape index (κ2) is 9.97. The number of para-hydroxylation sites is 1. The third-order valence-corrected chi connectivity index (χ3v) is 4.65. The molecule has 0 radical (unpaired) electrons. The van der Waals surface area contributed by atoms with Gasteiger partial charge in [0.2, 0.25) is 0 Å². The van der Waals surface area contributed by atoms with Crippen LogP contribution in [-0.2, 0) is 10.5 Å². The maximum absolute atomic E-state index is 12.8. The van der Waals surface area contributed by atoms with Crippen molar-refractivity contribution in [2.24, 2.45) is 0 Å². The fourth-order valence-electron chi connectivity index (χ4n) is 3.27. The number of nitrogens with zero attached hydrogens (tertiary/aromatic N) is 1. The molecule has 1 saturated heterocycles. The van der Waals surface area contributed by atoms with E-state index in [1.54, 1.807) is 4.90 Å². The number of aliphatic hydroxyl groups is 1. The van der Waals surface area contributed by atoms with Gasteiger partial charge in [0.05, 0.1) is 0 Å². The van der Waals surface area contributed by atoms with Crippen molar-refractivity contribution in [1.82, 2.24) is 10.2 Å². The third-order valence-electron chi connectivity index (χ3n) is 4.65. The van der Waals surface area contributed by atoms with E-state index in [0.717, 1.165) is 25.3 Å². The van der Waals surface area contributed by atoms with Gasteiger partial charge in [-0.2, -0.15) is 0 Å². The van der Waals surface area contributed by atoms with Crippen molar-refractivity contribution in [3.8, 4) is 5.75 Å². The SMILES string of the molecule is COCCCC[C@@](O)(NC(=O)N1CCCCC1)c1ccccc1OC(F)(F)F. The second-order valence-electron chi connectivity index (χ2n) is 6.83. The lowest BCUT2D eigenvalue weighted by atomic mass is 9.95. The van der Waals surface area contributed by atoms with Crippen LogP contribution in [0.25, 0.3) is 0 Å². The van der Waals surface area contributed by atoms with E-state index in [1.807, 2.05) is 0 Å². The van der Waals surface area contributed by atoms with E-state index in [1.165, 1.54) is 25.3 Å². The fourth-order valence-corrected chi connectivity index (χ4v) is 3.27. The Kier molecular flexibility index (Phi) is 7.94. The molecular formula is C19H27F3N2O4. The van der Waals surface area contributed by atoms with Crippen LogP contribution in [0.1, 0.15) is 44.1 Å². The van der Waals surface area contributed by atoms with E-state index in [4.69, 9.17) is 4.74 Å². The monoisotopic (exact) mass is 404 g/mol. The van der Waals surface area contributed by atoms with Crippen LogP contribution in [0.3, 0.4) is 0 Å². The molecule has 0 saturated carbocycles. The average molecular weight is 404 g/mol. The number of unbranched alkanes of at least 4 members (excludes halogenated alkanes) is 1. The number of likely N-dealkylation sites (tertiary alicyclic amines) is 1. The summed E-state index contributed by atoms with van der Waals surface area (Å²) in [5.41, 5.74) is -2.13. The molecule has 1 aromatic rings. The third kappa shape index (κ3) is 6.56. The minimum absolute atomic E-state index is 0.0220. The topological polar surface area (TPSA) is 71.0 Å². The number of hydrogen-bond acceptors (Lipinski definition) is 4. The molecule has 0 aliphatic carbocycles. The van der Waals surface area contributed by atoms with Crippen LogP contribution in [0.5, 0.6) is 5.75 Å². The molecule has 1 heterocycles. The molecular weight excluding hydrogens is 377 g/mol. The molecule has 28 heavy (non-hydrogen) atoms. The van der Waals surface area contributed by atoms with Crippen molar-refractivity contribution in [2.45, 2.75) is 50.6 Å². The van der Waals surface area contributed by atoms with Gasteiger partial charge < -0.3 is 24.8 Å². The van der Waals surface area contributed by atoms with Gasteiger partial charge in [0, 0.05) is 32.4 Å². The van der Waals surface area contributed by atoms with E-state index >= 15 is 0 Å². The quantitative estimate of drug-likeness (QED) is 0.512. The van der Waals surface area contributed by atoms with Crippen LogP contribution in [0.15, 0.2) is 24.3 Å². The Labute approximate surface area is 162 Å². The molecule has 0 bridgehead atoms. The van der Waals surface area contributed by atoms with E-state index < -0.39 is 23.9 Å². The maximum Gasteiger partial charge on any atom is 0.573 e. The molecule has 1 atom stereocenters. The molecule has 2 amide bonds. The van der Waals surface area contributed by atoms with Gasteiger partial charge in [0.15, 0.2) is 5.72 Å². The molecule has 1 aromatic carbocycles. The smallest absolute Gasteiger partial charge is 0.405 e. The van der Waals surface area contributed by atoms with Gasteiger partial charge in [-0.15, -0.1) is 13.2 Å². The Balaban J connectivity index is 2.26. The maximum atomic E-state index is 12.8. The van der Waals surface area contributed by atoms with E-state index in [0.29, 0.717) is 32.5 Å².